The van der Waals surface area contributed by atoms with Gasteiger partial charge in [0.05, 0.1) is 23.8 Å². The number of fused-ring (bicyclic) bond motifs is 1. The van der Waals surface area contributed by atoms with Gasteiger partial charge >= 0.3 is 33.5 Å². The molecule has 2 heterocycles. The lowest BCUT2D eigenvalue weighted by Crippen LogP contribution is -2.47. The fraction of sp³-hybridized carbons (Fsp3) is 0.280. The van der Waals surface area contributed by atoms with E-state index in [1.165, 1.54) is 35.2 Å². The molecule has 2 aromatic carbocycles. The number of benzene rings is 2. The third-order valence-electron chi connectivity index (χ3n) is 6.95. The number of rotatable bonds is 5. The molecule has 18 heteroatoms. The molecule has 1 atom stereocenters. The summed E-state index contributed by atoms with van der Waals surface area (Å²) in [5.41, 5.74) is -10.9. The molecule has 1 aliphatic heterocycles. The summed E-state index contributed by atoms with van der Waals surface area (Å²) in [4.78, 5) is 53.0. The number of carbonyl (C=O) groups is 2. The minimum Gasteiger partial charge on any atom is -0.447 e. The van der Waals surface area contributed by atoms with Crippen LogP contribution in [0.5, 0.6) is 0 Å². The van der Waals surface area contributed by atoms with Crippen molar-refractivity contribution in [2.24, 2.45) is 0 Å². The van der Waals surface area contributed by atoms with Gasteiger partial charge in [-0.3, -0.25) is 23.6 Å². The zero-order valence-electron chi connectivity index (χ0n) is 21.4. The Hall–Kier alpha value is -4.61. The van der Waals surface area contributed by atoms with E-state index in [4.69, 9.17) is 4.74 Å². The summed E-state index contributed by atoms with van der Waals surface area (Å²) in [5, 5.41) is 0. The Morgan fingerprint density at radius 3 is 2.19 bits per heavy atom. The highest BCUT2D eigenvalue weighted by atomic mass is 32.2. The number of hydrogen-bond donors (Lipinski definition) is 1. The second-order valence-corrected chi connectivity index (χ2v) is 11.1. The normalized spacial score (nSPS) is 17.1. The third-order valence-corrected chi connectivity index (χ3v) is 8.02. The Morgan fingerprint density at radius 2 is 1.60 bits per heavy atom. The maximum Gasteiger partial charge on any atom is 0.516 e. The SMILES string of the molecule is O=C(NS(=O)(=O)C(F)(F)F)c1cn(-c2ccc(N3CCOC3=O)cc2)c(=O)n([C@@H]2CCc3c2cccc3C(F)(F)F)c1=O. The average Bonchev–Trinajstić information content (AvgIpc) is 3.54. The van der Waals surface area contributed by atoms with Crippen molar-refractivity contribution < 1.29 is 49.1 Å². The molecule has 1 aliphatic carbocycles. The highest BCUT2D eigenvalue weighted by Crippen LogP contribution is 2.41. The first-order chi connectivity index (χ1) is 20.0. The second kappa shape index (κ2) is 10.3. The Morgan fingerprint density at radius 1 is 0.953 bits per heavy atom. The van der Waals surface area contributed by atoms with Crippen LogP contribution in [0.25, 0.3) is 5.69 Å². The van der Waals surface area contributed by atoms with E-state index in [0.29, 0.717) is 21.0 Å². The number of nitrogens with zero attached hydrogens (tertiary/aromatic N) is 3. The van der Waals surface area contributed by atoms with Crippen molar-refractivity contribution in [1.29, 1.82) is 0 Å². The van der Waals surface area contributed by atoms with Crippen molar-refractivity contribution in [1.82, 2.24) is 13.9 Å². The van der Waals surface area contributed by atoms with Crippen LogP contribution < -0.4 is 20.9 Å². The van der Waals surface area contributed by atoms with Crippen LogP contribution >= 0.6 is 0 Å². The number of nitrogens with one attached hydrogen (secondary N) is 1. The Labute approximate surface area is 237 Å². The molecule has 0 bridgehead atoms. The maximum absolute atomic E-state index is 13.7. The van der Waals surface area contributed by atoms with Gasteiger partial charge in [0.15, 0.2) is 0 Å². The molecule has 1 saturated heterocycles. The van der Waals surface area contributed by atoms with E-state index in [2.05, 4.69) is 0 Å². The summed E-state index contributed by atoms with van der Waals surface area (Å²) in [7, 11) is -6.28. The number of aromatic nitrogens is 2. The predicted molar refractivity (Wildman–Crippen MR) is 135 cm³/mol. The van der Waals surface area contributed by atoms with Gasteiger partial charge in [-0.05, 0) is 54.3 Å². The van der Waals surface area contributed by atoms with E-state index >= 15 is 0 Å². The first-order valence-electron chi connectivity index (χ1n) is 12.3. The van der Waals surface area contributed by atoms with E-state index in [1.807, 2.05) is 0 Å². The zero-order valence-corrected chi connectivity index (χ0v) is 22.2. The van der Waals surface area contributed by atoms with Crippen molar-refractivity contribution in [3.63, 3.8) is 0 Å². The van der Waals surface area contributed by atoms with Crippen molar-refractivity contribution in [2.75, 3.05) is 18.1 Å². The molecule has 1 fully saturated rings. The van der Waals surface area contributed by atoms with Gasteiger partial charge in [0.2, 0.25) is 0 Å². The standard InChI is InChI=1S/C25H18F6N4O7S/c26-24(27,28)18-3-1-2-16-15(18)8-9-19(16)35-21(37)17(20(36)32-43(40,41)25(29,30)31)12-34(22(35)38)14-6-4-13(5-7-14)33-10-11-42-23(33)39/h1-7,12,19H,8-11H2,(H,32,36)/t19-/m1/s1. The Kier molecular flexibility index (Phi) is 7.14. The highest BCUT2D eigenvalue weighted by Gasteiger charge is 2.47. The quantitative estimate of drug-likeness (QED) is 0.427. The van der Waals surface area contributed by atoms with Gasteiger partial charge in [0.25, 0.3) is 11.5 Å². The fourth-order valence-corrected chi connectivity index (χ4v) is 5.48. The summed E-state index contributed by atoms with van der Waals surface area (Å²) in [6.45, 7) is 0.325. The summed E-state index contributed by atoms with van der Waals surface area (Å²) in [5.74, 6) is -2.02. The molecule has 0 saturated carbocycles. The topological polar surface area (TPSA) is 137 Å². The van der Waals surface area contributed by atoms with Crippen LogP contribution in [-0.4, -0.2) is 48.2 Å². The molecule has 3 aromatic rings. The number of halogens is 6. The molecular formula is C25H18F6N4O7S. The van der Waals surface area contributed by atoms with Crippen LogP contribution in [0.15, 0.2) is 58.3 Å². The second-order valence-electron chi connectivity index (χ2n) is 9.46. The molecule has 2 amide bonds. The van der Waals surface area contributed by atoms with Crippen LogP contribution in [0.3, 0.4) is 0 Å². The molecule has 11 nitrogen and oxygen atoms in total. The maximum atomic E-state index is 13.7. The number of hydrogen-bond acceptors (Lipinski definition) is 7. The number of anilines is 1. The molecule has 5 rings (SSSR count). The number of cyclic esters (lactones) is 1. The molecule has 1 aromatic heterocycles. The number of amides is 2. The van der Waals surface area contributed by atoms with Crippen molar-refractivity contribution in [3.8, 4) is 5.69 Å². The molecule has 43 heavy (non-hydrogen) atoms. The molecule has 1 N–H and O–H groups in total. The van der Waals surface area contributed by atoms with Gasteiger partial charge in [-0.15, -0.1) is 0 Å². The summed E-state index contributed by atoms with van der Waals surface area (Å²) in [6.07, 6.45) is -5.35. The van der Waals surface area contributed by atoms with E-state index in [0.717, 1.165) is 16.9 Å². The molecule has 0 spiro atoms. The van der Waals surface area contributed by atoms with Crippen LogP contribution in [0.4, 0.5) is 36.8 Å². The zero-order chi connectivity index (χ0) is 31.5. The van der Waals surface area contributed by atoms with Crippen molar-refractivity contribution >= 4 is 27.7 Å². The number of sulfonamides is 1. The van der Waals surface area contributed by atoms with Crippen LogP contribution in [0, 0.1) is 0 Å². The lowest BCUT2D eigenvalue weighted by Gasteiger charge is -2.20. The van der Waals surface area contributed by atoms with E-state index in [9.17, 15) is 53.9 Å². The van der Waals surface area contributed by atoms with E-state index < -0.39 is 62.1 Å². The Bertz CT molecular complexity index is 1860. The van der Waals surface area contributed by atoms with Gasteiger partial charge in [-0.2, -0.15) is 34.8 Å². The Balaban J connectivity index is 1.68. The van der Waals surface area contributed by atoms with Crippen LogP contribution in [-0.2, 0) is 27.4 Å². The van der Waals surface area contributed by atoms with Gasteiger partial charge < -0.3 is 4.74 Å². The van der Waals surface area contributed by atoms with Gasteiger partial charge in [0.1, 0.15) is 12.2 Å². The monoisotopic (exact) mass is 632 g/mol. The van der Waals surface area contributed by atoms with Crippen LogP contribution in [0.1, 0.15) is 39.5 Å². The predicted octanol–water partition coefficient (Wildman–Crippen LogP) is 3.09. The minimum absolute atomic E-state index is 0.0787. The van der Waals surface area contributed by atoms with Crippen molar-refractivity contribution in [2.45, 2.75) is 30.6 Å². The largest absolute Gasteiger partial charge is 0.516 e. The summed E-state index contributed by atoms with van der Waals surface area (Å²) < 4.78 is 110. The van der Waals surface area contributed by atoms with Crippen molar-refractivity contribution in [3.05, 3.63) is 91.8 Å². The molecule has 2 aliphatic rings. The van der Waals surface area contributed by atoms with Gasteiger partial charge in [0, 0.05) is 11.9 Å². The van der Waals surface area contributed by atoms with Gasteiger partial charge in [-0.1, -0.05) is 12.1 Å². The lowest BCUT2D eigenvalue weighted by molar-refractivity contribution is -0.138. The number of ether oxygens (including phenoxy) is 1. The molecule has 228 valence electrons. The molecule has 0 unspecified atom stereocenters. The lowest BCUT2D eigenvalue weighted by atomic mass is 10.0. The molecular weight excluding hydrogens is 614 g/mol. The van der Waals surface area contributed by atoms with E-state index in [-0.39, 0.29) is 42.8 Å². The first kappa shape index (κ1) is 29.9. The number of carbonyl (C=O) groups excluding carboxylic acids is 2. The third kappa shape index (κ3) is 5.26. The fourth-order valence-electron chi connectivity index (χ4n) is 5.01. The molecule has 0 radical (unpaired) electrons. The summed E-state index contributed by atoms with van der Waals surface area (Å²) in [6, 6.07) is 6.96. The first-order valence-corrected chi connectivity index (χ1v) is 13.7. The minimum atomic E-state index is -6.28. The van der Waals surface area contributed by atoms with Gasteiger partial charge in [-0.25, -0.2) is 14.3 Å². The van der Waals surface area contributed by atoms with E-state index in [1.54, 1.807) is 0 Å². The summed E-state index contributed by atoms with van der Waals surface area (Å²) >= 11 is 0. The highest BCUT2D eigenvalue weighted by molar-refractivity contribution is 7.90. The number of alkyl halides is 6. The average molecular weight is 632 g/mol. The van der Waals surface area contributed by atoms with Crippen LogP contribution in [0.2, 0.25) is 0 Å². The smallest absolute Gasteiger partial charge is 0.447 e.